The lowest BCUT2D eigenvalue weighted by molar-refractivity contribution is -0.131. The predicted octanol–water partition coefficient (Wildman–Crippen LogP) is -0.689. The first-order valence-corrected chi connectivity index (χ1v) is 9.83. The van der Waals surface area contributed by atoms with E-state index in [1.165, 1.54) is 10.9 Å². The van der Waals surface area contributed by atoms with E-state index in [4.69, 9.17) is 0 Å². The van der Waals surface area contributed by atoms with Crippen LogP contribution < -0.4 is 5.32 Å². The largest absolute Gasteiger partial charge is 0.350 e. The molecule has 10 heteroatoms. The summed E-state index contributed by atoms with van der Waals surface area (Å²) in [6.45, 7) is 5.34. The van der Waals surface area contributed by atoms with E-state index in [1.54, 1.807) is 4.90 Å². The number of nitrogens with zero attached hydrogens (tertiary/aromatic N) is 4. The van der Waals surface area contributed by atoms with E-state index in [-0.39, 0.29) is 35.6 Å². The highest BCUT2D eigenvalue weighted by Gasteiger charge is 2.28. The molecule has 0 bridgehead atoms. The van der Waals surface area contributed by atoms with Gasteiger partial charge < -0.3 is 10.2 Å². The normalized spacial score (nSPS) is 19.2. The Labute approximate surface area is 141 Å². The van der Waals surface area contributed by atoms with Crippen LogP contribution in [-0.2, 0) is 21.2 Å². The topological polar surface area (TPSA) is 114 Å². The molecule has 0 saturated carbocycles. The molecule has 2 amide bonds. The molecule has 1 fully saturated rings. The summed E-state index contributed by atoms with van der Waals surface area (Å²) in [5.74, 6) is -0.276. The number of carbonyl (C=O) groups excluding carboxylic acids is 2. The minimum absolute atomic E-state index is 0.0306. The number of likely N-dealkylation sites (N-methyl/N-ethyl adjacent to an activating group) is 1. The Morgan fingerprint density at radius 1 is 1.38 bits per heavy atom. The summed E-state index contributed by atoms with van der Waals surface area (Å²) < 4.78 is 24.1. The molecule has 24 heavy (non-hydrogen) atoms. The van der Waals surface area contributed by atoms with Crippen LogP contribution >= 0.6 is 0 Å². The van der Waals surface area contributed by atoms with Crippen molar-refractivity contribution in [3.63, 3.8) is 0 Å². The van der Waals surface area contributed by atoms with Crippen molar-refractivity contribution in [2.24, 2.45) is 5.92 Å². The zero-order chi connectivity index (χ0) is 17.7. The summed E-state index contributed by atoms with van der Waals surface area (Å²) in [4.78, 5) is 25.7. The van der Waals surface area contributed by atoms with Gasteiger partial charge in [-0.2, -0.15) is 0 Å². The van der Waals surface area contributed by atoms with Crippen molar-refractivity contribution in [3.8, 4) is 0 Å². The summed E-state index contributed by atoms with van der Waals surface area (Å²) in [5.41, 5.74) is 0.114. The van der Waals surface area contributed by atoms with Crippen molar-refractivity contribution in [2.45, 2.75) is 26.8 Å². The maximum Gasteiger partial charge on any atom is 0.273 e. The van der Waals surface area contributed by atoms with Gasteiger partial charge in [0.2, 0.25) is 5.91 Å². The van der Waals surface area contributed by atoms with E-state index < -0.39 is 15.7 Å². The summed E-state index contributed by atoms with van der Waals surface area (Å²) >= 11 is 0. The first-order chi connectivity index (χ1) is 11.3. The fourth-order valence-electron chi connectivity index (χ4n) is 2.66. The molecule has 1 aromatic rings. The molecule has 0 aliphatic carbocycles. The zero-order valence-electron chi connectivity index (χ0n) is 13.9. The Hall–Kier alpha value is -1.97. The highest BCUT2D eigenvalue weighted by molar-refractivity contribution is 7.91. The highest BCUT2D eigenvalue weighted by atomic mass is 32.2. The number of sulfone groups is 1. The first kappa shape index (κ1) is 18.4. The van der Waals surface area contributed by atoms with Crippen LogP contribution in [0.2, 0.25) is 0 Å². The van der Waals surface area contributed by atoms with Crippen LogP contribution in [0.1, 0.15) is 30.8 Å². The van der Waals surface area contributed by atoms with Gasteiger partial charge in [-0.1, -0.05) is 5.21 Å². The number of rotatable bonds is 7. The van der Waals surface area contributed by atoms with Gasteiger partial charge in [0, 0.05) is 19.6 Å². The number of hydrogen-bond acceptors (Lipinski definition) is 6. The number of carbonyl (C=O) groups is 2. The lowest BCUT2D eigenvalue weighted by Crippen LogP contribution is -2.33. The molecule has 1 atom stereocenters. The van der Waals surface area contributed by atoms with Crippen LogP contribution in [0.25, 0.3) is 0 Å². The Balaban J connectivity index is 1.86. The lowest BCUT2D eigenvalue weighted by Gasteiger charge is -2.17. The van der Waals surface area contributed by atoms with E-state index in [2.05, 4.69) is 15.6 Å². The minimum atomic E-state index is -2.96. The van der Waals surface area contributed by atoms with Crippen molar-refractivity contribution in [3.05, 3.63) is 11.9 Å². The third-order valence-electron chi connectivity index (χ3n) is 4.06. The van der Waals surface area contributed by atoms with Gasteiger partial charge in [-0.3, -0.25) is 9.59 Å². The molecule has 1 N–H and O–H groups in total. The van der Waals surface area contributed by atoms with E-state index in [0.29, 0.717) is 26.1 Å². The highest BCUT2D eigenvalue weighted by Crippen LogP contribution is 2.17. The molecule has 9 nitrogen and oxygen atoms in total. The van der Waals surface area contributed by atoms with Crippen molar-refractivity contribution in [1.82, 2.24) is 25.2 Å². The monoisotopic (exact) mass is 357 g/mol. The van der Waals surface area contributed by atoms with Crippen molar-refractivity contribution in [1.29, 1.82) is 0 Å². The van der Waals surface area contributed by atoms with E-state index in [1.807, 2.05) is 13.8 Å². The van der Waals surface area contributed by atoms with Gasteiger partial charge in [0.25, 0.3) is 5.91 Å². The summed E-state index contributed by atoms with van der Waals surface area (Å²) in [6, 6.07) is 0. The molecule has 1 aliphatic heterocycles. The second kappa shape index (κ2) is 7.73. The van der Waals surface area contributed by atoms with Crippen LogP contribution in [0.4, 0.5) is 0 Å². The first-order valence-electron chi connectivity index (χ1n) is 8.01. The average molecular weight is 357 g/mol. The van der Waals surface area contributed by atoms with Gasteiger partial charge in [0.05, 0.1) is 17.7 Å². The molecule has 0 aromatic carbocycles. The molecule has 1 saturated heterocycles. The fourth-order valence-corrected chi connectivity index (χ4v) is 4.52. The SMILES string of the molecule is CCN(CC)C(=O)Cn1cc(C(=O)NC[C@H]2CCS(=O)(=O)C2)nn1. The van der Waals surface area contributed by atoms with Gasteiger partial charge in [-0.25, -0.2) is 13.1 Å². The Morgan fingerprint density at radius 2 is 2.08 bits per heavy atom. The predicted molar refractivity (Wildman–Crippen MR) is 87.0 cm³/mol. The van der Waals surface area contributed by atoms with Crippen molar-refractivity contribution in [2.75, 3.05) is 31.1 Å². The second-order valence-electron chi connectivity index (χ2n) is 5.85. The molecule has 0 radical (unpaired) electrons. The maximum atomic E-state index is 12.0. The molecule has 134 valence electrons. The molecule has 0 unspecified atom stereocenters. The maximum absolute atomic E-state index is 12.0. The van der Waals surface area contributed by atoms with Crippen LogP contribution in [0, 0.1) is 5.92 Å². The third-order valence-corrected chi connectivity index (χ3v) is 5.90. The fraction of sp³-hybridized carbons (Fsp3) is 0.714. The van der Waals surface area contributed by atoms with Crippen LogP contribution in [0.5, 0.6) is 0 Å². The quantitative estimate of drug-likeness (QED) is 0.691. The molecule has 0 spiro atoms. The van der Waals surface area contributed by atoms with Gasteiger partial charge in [0.15, 0.2) is 15.5 Å². The van der Waals surface area contributed by atoms with Gasteiger partial charge >= 0.3 is 0 Å². The number of hydrogen-bond donors (Lipinski definition) is 1. The van der Waals surface area contributed by atoms with Crippen LogP contribution in [-0.4, -0.2) is 71.3 Å². The number of amides is 2. The van der Waals surface area contributed by atoms with E-state index >= 15 is 0 Å². The molecule has 2 rings (SSSR count). The third kappa shape index (κ3) is 4.76. The summed E-state index contributed by atoms with van der Waals surface area (Å²) in [6.07, 6.45) is 1.98. The molecule has 2 heterocycles. The summed E-state index contributed by atoms with van der Waals surface area (Å²) in [5, 5.41) is 10.2. The minimum Gasteiger partial charge on any atom is -0.350 e. The second-order valence-corrected chi connectivity index (χ2v) is 8.08. The zero-order valence-corrected chi connectivity index (χ0v) is 14.8. The Kier molecular flexibility index (Phi) is 5.92. The average Bonchev–Trinajstić information content (AvgIpc) is 3.12. The van der Waals surface area contributed by atoms with Gasteiger partial charge in [-0.15, -0.1) is 5.10 Å². The van der Waals surface area contributed by atoms with E-state index in [9.17, 15) is 18.0 Å². The van der Waals surface area contributed by atoms with Crippen LogP contribution in [0.15, 0.2) is 6.20 Å². The molecule has 1 aliphatic rings. The number of nitrogens with one attached hydrogen (secondary N) is 1. The van der Waals surface area contributed by atoms with Gasteiger partial charge in [-0.05, 0) is 26.2 Å². The molecule has 1 aromatic heterocycles. The molecular formula is C14H23N5O4S. The lowest BCUT2D eigenvalue weighted by atomic mass is 10.1. The van der Waals surface area contributed by atoms with E-state index in [0.717, 1.165) is 0 Å². The van der Waals surface area contributed by atoms with Crippen LogP contribution in [0.3, 0.4) is 0 Å². The summed E-state index contributed by atoms with van der Waals surface area (Å²) in [7, 11) is -2.96. The Bertz CT molecular complexity index is 696. The van der Waals surface area contributed by atoms with Gasteiger partial charge in [0.1, 0.15) is 6.54 Å². The van der Waals surface area contributed by atoms with Crippen molar-refractivity contribution < 1.29 is 18.0 Å². The number of aromatic nitrogens is 3. The standard InChI is InChI=1S/C14H23N5O4S/c1-3-18(4-2)13(20)9-19-8-12(16-17-19)14(21)15-7-11-5-6-24(22,23)10-11/h8,11H,3-7,9-10H2,1-2H3,(H,15,21)/t11-/m1/s1. The smallest absolute Gasteiger partial charge is 0.273 e. The Morgan fingerprint density at radius 3 is 2.67 bits per heavy atom. The van der Waals surface area contributed by atoms with Crippen molar-refractivity contribution >= 4 is 21.7 Å². The molecular weight excluding hydrogens is 334 g/mol.